The van der Waals surface area contributed by atoms with Crippen LogP contribution in [0.2, 0.25) is 0 Å². The van der Waals surface area contributed by atoms with Gasteiger partial charge >= 0.3 is 5.97 Å². The van der Waals surface area contributed by atoms with Crippen LogP contribution in [0.15, 0.2) is 18.2 Å². The van der Waals surface area contributed by atoms with Gasteiger partial charge in [-0.05, 0) is 30.2 Å². The molecule has 0 radical (unpaired) electrons. The van der Waals surface area contributed by atoms with Crippen molar-refractivity contribution in [3.63, 3.8) is 0 Å². The lowest BCUT2D eigenvalue weighted by Crippen LogP contribution is -2.14. The Hall–Kier alpha value is -2.10. The first kappa shape index (κ1) is 12.0. The van der Waals surface area contributed by atoms with Gasteiger partial charge in [0, 0.05) is 36.5 Å². The van der Waals surface area contributed by atoms with Crippen LogP contribution >= 0.6 is 0 Å². The highest BCUT2D eigenvalue weighted by atomic mass is 16.5. The Labute approximate surface area is 111 Å². The molecule has 0 unspecified atom stereocenters. The van der Waals surface area contributed by atoms with Gasteiger partial charge in [-0.25, -0.2) is 4.79 Å². The maximum Gasteiger partial charge on any atom is 0.337 e. The van der Waals surface area contributed by atoms with E-state index in [0.29, 0.717) is 18.4 Å². The zero-order valence-electron chi connectivity index (χ0n) is 11.0. The predicted molar refractivity (Wildman–Crippen MR) is 71.3 cm³/mol. The van der Waals surface area contributed by atoms with Gasteiger partial charge in [0.15, 0.2) is 0 Å². The molecule has 19 heavy (non-hydrogen) atoms. The lowest BCUT2D eigenvalue weighted by atomic mass is 9.94. The summed E-state index contributed by atoms with van der Waals surface area (Å²) >= 11 is 0. The largest absolute Gasteiger partial charge is 0.465 e. The molecular formula is C15H15NO3. The number of fused-ring (bicyclic) bond motifs is 3. The normalized spacial score (nSPS) is 14.5. The fraction of sp³-hybridized carbons (Fsp3) is 0.333. The van der Waals surface area contributed by atoms with E-state index in [1.165, 1.54) is 12.8 Å². The van der Waals surface area contributed by atoms with Crippen molar-refractivity contribution in [1.82, 2.24) is 4.57 Å². The summed E-state index contributed by atoms with van der Waals surface area (Å²) in [7, 11) is 3.38. The van der Waals surface area contributed by atoms with E-state index in [9.17, 15) is 9.59 Å². The molecule has 1 aromatic carbocycles. The minimum Gasteiger partial charge on any atom is -0.465 e. The Bertz CT molecular complexity index is 697. The standard InChI is InChI=1S/C15H15NO3/c1-16-13-5-3-9(15(18)19-2)7-11(13)12-8-10(17)4-6-14(12)16/h3,5,7H,4,6,8H2,1-2H3. The zero-order valence-corrected chi connectivity index (χ0v) is 11.0. The number of esters is 1. The van der Waals surface area contributed by atoms with Crippen molar-refractivity contribution in [2.45, 2.75) is 19.3 Å². The molecule has 4 nitrogen and oxygen atoms in total. The molecule has 1 aromatic heterocycles. The molecular weight excluding hydrogens is 242 g/mol. The van der Waals surface area contributed by atoms with E-state index in [1.807, 2.05) is 19.2 Å². The van der Waals surface area contributed by atoms with Gasteiger partial charge in [0.2, 0.25) is 0 Å². The Kier molecular flexibility index (Phi) is 2.66. The van der Waals surface area contributed by atoms with Crippen molar-refractivity contribution < 1.29 is 14.3 Å². The third kappa shape index (κ3) is 1.75. The van der Waals surface area contributed by atoms with Crippen LogP contribution in [-0.2, 0) is 29.4 Å². The number of hydrogen-bond donors (Lipinski definition) is 0. The molecule has 1 heterocycles. The van der Waals surface area contributed by atoms with Gasteiger partial charge in [0.05, 0.1) is 12.7 Å². The van der Waals surface area contributed by atoms with E-state index >= 15 is 0 Å². The number of benzene rings is 1. The summed E-state index contributed by atoms with van der Waals surface area (Å²) in [5.41, 5.74) is 3.87. The number of carbonyl (C=O) groups excluding carboxylic acids is 2. The van der Waals surface area contributed by atoms with Crippen LogP contribution in [0.5, 0.6) is 0 Å². The van der Waals surface area contributed by atoms with Gasteiger partial charge in [-0.2, -0.15) is 0 Å². The molecule has 0 atom stereocenters. The van der Waals surface area contributed by atoms with Gasteiger partial charge < -0.3 is 9.30 Å². The van der Waals surface area contributed by atoms with Gasteiger partial charge in [0.1, 0.15) is 5.78 Å². The second kappa shape index (κ2) is 4.23. The van der Waals surface area contributed by atoms with E-state index in [4.69, 9.17) is 4.74 Å². The summed E-state index contributed by atoms with van der Waals surface area (Å²) in [6.07, 6.45) is 1.87. The second-order valence-corrected chi connectivity index (χ2v) is 4.92. The van der Waals surface area contributed by atoms with Gasteiger partial charge in [-0.3, -0.25) is 4.79 Å². The number of Topliss-reactive ketones (excluding diaryl/α,β-unsaturated/α-hetero) is 1. The Morgan fingerprint density at radius 2 is 2.11 bits per heavy atom. The average molecular weight is 257 g/mol. The number of rotatable bonds is 1. The molecule has 1 aliphatic carbocycles. The molecule has 0 fully saturated rings. The summed E-state index contributed by atoms with van der Waals surface area (Å²) in [6.45, 7) is 0. The van der Waals surface area contributed by atoms with E-state index < -0.39 is 0 Å². The molecule has 0 saturated heterocycles. The maximum atomic E-state index is 11.7. The van der Waals surface area contributed by atoms with Crippen molar-refractivity contribution in [1.29, 1.82) is 0 Å². The first-order chi connectivity index (χ1) is 9.11. The number of hydrogen-bond acceptors (Lipinski definition) is 3. The van der Waals surface area contributed by atoms with Gasteiger partial charge in [-0.1, -0.05) is 0 Å². The fourth-order valence-corrected chi connectivity index (χ4v) is 2.88. The molecule has 0 amide bonds. The lowest BCUT2D eigenvalue weighted by Gasteiger charge is -2.12. The summed E-state index contributed by atoms with van der Waals surface area (Å²) in [6, 6.07) is 5.52. The quantitative estimate of drug-likeness (QED) is 0.734. The number of ketones is 1. The minimum absolute atomic E-state index is 0.267. The van der Waals surface area contributed by atoms with Crippen molar-refractivity contribution in [3.05, 3.63) is 35.0 Å². The van der Waals surface area contributed by atoms with Gasteiger partial charge in [0.25, 0.3) is 0 Å². The van der Waals surface area contributed by atoms with Crippen LogP contribution in [0.1, 0.15) is 28.0 Å². The summed E-state index contributed by atoms with van der Waals surface area (Å²) < 4.78 is 6.87. The molecule has 0 bridgehead atoms. The molecule has 1 aliphatic rings. The highest BCUT2D eigenvalue weighted by Crippen LogP contribution is 2.31. The topological polar surface area (TPSA) is 48.3 Å². The highest BCUT2D eigenvalue weighted by Gasteiger charge is 2.23. The van der Waals surface area contributed by atoms with Crippen LogP contribution in [0, 0.1) is 0 Å². The lowest BCUT2D eigenvalue weighted by molar-refractivity contribution is -0.118. The first-order valence-electron chi connectivity index (χ1n) is 6.32. The van der Waals surface area contributed by atoms with Crippen molar-refractivity contribution in [2.24, 2.45) is 7.05 Å². The van der Waals surface area contributed by atoms with Crippen LogP contribution in [0.3, 0.4) is 0 Å². The molecule has 3 rings (SSSR count). The van der Waals surface area contributed by atoms with Crippen LogP contribution in [0.25, 0.3) is 10.9 Å². The van der Waals surface area contributed by atoms with Crippen molar-refractivity contribution in [2.75, 3.05) is 7.11 Å². The SMILES string of the molecule is COC(=O)c1ccc2c(c1)c1c(n2C)CCC(=O)C1. The number of aryl methyl sites for hydroxylation is 1. The van der Waals surface area contributed by atoms with E-state index in [0.717, 1.165) is 22.9 Å². The Morgan fingerprint density at radius 3 is 2.84 bits per heavy atom. The maximum absolute atomic E-state index is 11.7. The second-order valence-electron chi connectivity index (χ2n) is 4.92. The number of methoxy groups -OCH3 is 1. The van der Waals surface area contributed by atoms with Crippen LogP contribution < -0.4 is 0 Å². The number of aromatic nitrogens is 1. The molecule has 0 aliphatic heterocycles. The third-order valence-electron chi connectivity index (χ3n) is 3.87. The number of carbonyl (C=O) groups is 2. The summed E-state index contributed by atoms with van der Waals surface area (Å²) in [5.74, 6) is -0.0786. The molecule has 0 N–H and O–H groups in total. The van der Waals surface area contributed by atoms with E-state index in [2.05, 4.69) is 4.57 Å². The molecule has 0 saturated carbocycles. The zero-order chi connectivity index (χ0) is 13.6. The molecule has 2 aromatic rings. The summed E-state index contributed by atoms with van der Waals surface area (Å²) in [4.78, 5) is 23.3. The predicted octanol–water partition coefficient (Wildman–Crippen LogP) is 2.02. The Morgan fingerprint density at radius 1 is 1.32 bits per heavy atom. The van der Waals surface area contributed by atoms with Gasteiger partial charge in [-0.15, -0.1) is 0 Å². The van der Waals surface area contributed by atoms with Crippen LogP contribution in [0.4, 0.5) is 0 Å². The first-order valence-corrected chi connectivity index (χ1v) is 6.32. The number of nitrogens with zero attached hydrogens (tertiary/aromatic N) is 1. The highest BCUT2D eigenvalue weighted by molar-refractivity contribution is 5.98. The van der Waals surface area contributed by atoms with Crippen molar-refractivity contribution >= 4 is 22.7 Å². The van der Waals surface area contributed by atoms with E-state index in [1.54, 1.807) is 6.07 Å². The van der Waals surface area contributed by atoms with E-state index in [-0.39, 0.29) is 11.8 Å². The minimum atomic E-state index is -0.346. The van der Waals surface area contributed by atoms with Crippen LogP contribution in [-0.4, -0.2) is 23.4 Å². The molecule has 0 spiro atoms. The monoisotopic (exact) mass is 257 g/mol. The average Bonchev–Trinajstić information content (AvgIpc) is 2.70. The molecule has 4 heteroatoms. The smallest absolute Gasteiger partial charge is 0.337 e. The third-order valence-corrected chi connectivity index (χ3v) is 3.87. The fourth-order valence-electron chi connectivity index (χ4n) is 2.88. The molecule has 98 valence electrons. The van der Waals surface area contributed by atoms with Crippen molar-refractivity contribution in [3.8, 4) is 0 Å². The summed E-state index contributed by atoms with van der Waals surface area (Å²) in [5, 5.41) is 0.994. The number of ether oxygens (including phenoxy) is 1. The Balaban J connectivity index is 2.25.